The Balaban J connectivity index is 1.45. The zero-order chi connectivity index (χ0) is 33.7. The summed E-state index contributed by atoms with van der Waals surface area (Å²) in [5.74, 6) is -1.20. The van der Waals surface area contributed by atoms with Crippen LogP contribution in [-0.2, 0) is 16.1 Å². The molecule has 0 unspecified atom stereocenters. The first-order valence-corrected chi connectivity index (χ1v) is 16.4. The second kappa shape index (κ2) is 12.3. The molecule has 0 saturated carbocycles. The van der Waals surface area contributed by atoms with Crippen LogP contribution in [-0.4, -0.2) is 27.9 Å². The molecule has 0 radical (unpaired) electrons. The van der Waals surface area contributed by atoms with E-state index in [4.69, 9.17) is 16.3 Å². The fourth-order valence-corrected chi connectivity index (χ4v) is 7.49. The van der Waals surface area contributed by atoms with Crippen molar-refractivity contribution >= 4 is 56.7 Å². The highest BCUT2D eigenvalue weighted by Crippen LogP contribution is 2.38. The molecular weight excluding hydrogens is 659 g/mol. The Labute approximate surface area is 281 Å². The quantitative estimate of drug-likeness (QED) is 0.171. The number of carbonyl (C=O) groups excluding carboxylic acids is 1. The third kappa shape index (κ3) is 5.44. The van der Waals surface area contributed by atoms with E-state index in [0.29, 0.717) is 11.6 Å². The van der Waals surface area contributed by atoms with E-state index in [-0.39, 0.29) is 21.5 Å². The van der Waals surface area contributed by atoms with Gasteiger partial charge in [0, 0.05) is 33.7 Å². The van der Waals surface area contributed by atoms with Crippen molar-refractivity contribution in [3.63, 3.8) is 0 Å². The predicted octanol–water partition coefficient (Wildman–Crippen LogP) is 7.46. The first kappa shape index (κ1) is 31.7. The van der Waals surface area contributed by atoms with Crippen molar-refractivity contribution in [3.8, 4) is 0 Å². The van der Waals surface area contributed by atoms with E-state index < -0.39 is 35.0 Å². The molecule has 1 atom stereocenters. The molecule has 0 spiro atoms. The summed E-state index contributed by atoms with van der Waals surface area (Å²) in [6, 6.07) is 26.7. The monoisotopic (exact) mass is 685 g/mol. The summed E-state index contributed by atoms with van der Waals surface area (Å²) in [5.41, 5.74) is 1.25. The van der Waals surface area contributed by atoms with Crippen molar-refractivity contribution in [2.45, 2.75) is 32.6 Å². The van der Waals surface area contributed by atoms with E-state index in [0.717, 1.165) is 54.4 Å². The fraction of sp³-hybridized carbons (Fsp3) is 0.162. The number of hydrogen-bond donors (Lipinski definition) is 0. The number of carbonyl (C=O) groups is 1. The van der Waals surface area contributed by atoms with Crippen LogP contribution in [0.2, 0.25) is 5.02 Å². The van der Waals surface area contributed by atoms with Crippen LogP contribution in [0.5, 0.6) is 0 Å². The highest BCUT2D eigenvalue weighted by Gasteiger charge is 2.45. The molecule has 48 heavy (non-hydrogen) atoms. The van der Waals surface area contributed by atoms with Gasteiger partial charge < -0.3 is 9.30 Å². The Bertz CT molecular complexity index is 2450. The average molecular weight is 686 g/mol. The van der Waals surface area contributed by atoms with Gasteiger partial charge in [-0.25, -0.2) is 9.79 Å². The van der Waals surface area contributed by atoms with Crippen molar-refractivity contribution in [2.75, 3.05) is 6.61 Å². The van der Waals surface area contributed by atoms with Crippen LogP contribution in [0.15, 0.2) is 112 Å². The van der Waals surface area contributed by atoms with Crippen LogP contribution < -0.4 is 14.9 Å². The maximum absolute atomic E-state index is 14.5. The lowest BCUT2D eigenvalue weighted by atomic mass is 9.95. The van der Waals surface area contributed by atoms with Gasteiger partial charge in [-0.1, -0.05) is 95.7 Å². The number of nitrogens with zero attached hydrogens (tertiary/aromatic N) is 3. The smallest absolute Gasteiger partial charge is 0.434 e. The molecule has 242 valence electrons. The molecule has 0 fully saturated rings. The van der Waals surface area contributed by atoms with Crippen molar-refractivity contribution < 1.29 is 22.7 Å². The van der Waals surface area contributed by atoms with Gasteiger partial charge in [0.1, 0.15) is 0 Å². The minimum atomic E-state index is -4.99. The highest BCUT2D eigenvalue weighted by molar-refractivity contribution is 7.07. The molecule has 4 aromatic carbocycles. The molecule has 0 N–H and O–H groups in total. The average Bonchev–Trinajstić information content (AvgIpc) is 3.53. The molecule has 1 aliphatic heterocycles. The number of esters is 1. The molecule has 6 aromatic rings. The van der Waals surface area contributed by atoms with Gasteiger partial charge in [0.25, 0.3) is 5.56 Å². The van der Waals surface area contributed by atoms with Crippen molar-refractivity contribution in [2.24, 2.45) is 4.99 Å². The first-order valence-electron chi connectivity index (χ1n) is 15.2. The SMILES string of the molecule is CCOC(=O)C1=C(C(F)(F)F)N=c2s/c(=C\c3c(C)n(Cc4cccc5ccccc45)c4ccccc34)c(=O)n2[C@@H]1c1ccc(Cl)cc1. The maximum Gasteiger partial charge on any atom is 0.434 e. The molecule has 3 heterocycles. The molecule has 1 aliphatic rings. The summed E-state index contributed by atoms with van der Waals surface area (Å²) in [5, 5.41) is 3.49. The first-order chi connectivity index (χ1) is 23.1. The molecule has 0 aliphatic carbocycles. The second-order valence-corrected chi connectivity index (χ2v) is 12.8. The number of para-hydroxylation sites is 1. The summed E-state index contributed by atoms with van der Waals surface area (Å²) in [6.45, 7) is 3.87. The molecule has 7 rings (SSSR count). The molecule has 0 amide bonds. The minimum absolute atomic E-state index is 0.159. The van der Waals surface area contributed by atoms with Gasteiger partial charge in [-0.05, 0) is 60.0 Å². The third-order valence-corrected chi connectivity index (χ3v) is 9.78. The normalized spacial score (nSPS) is 15.2. The van der Waals surface area contributed by atoms with E-state index in [1.54, 1.807) is 6.08 Å². The number of benzene rings is 4. The van der Waals surface area contributed by atoms with Crippen molar-refractivity contribution in [3.05, 3.63) is 149 Å². The van der Waals surface area contributed by atoms with E-state index in [9.17, 15) is 22.8 Å². The standard InChI is InChI=1S/C37H27ClF3N3O3S/c1-3-47-35(46)31-32(23-15-17-25(38)18-16-23)44-34(45)30(48-36(44)42-33(31)37(39,40)41)19-28-21(2)43(29-14-7-6-13-27(28)29)20-24-11-8-10-22-9-4-5-12-26(22)24/h4-19,32H,3,20H2,1-2H3/b30-19-/t32-/m1/s1. The number of hydrogen-bond acceptors (Lipinski definition) is 5. The van der Waals surface area contributed by atoms with Crippen LogP contribution in [0.4, 0.5) is 13.2 Å². The van der Waals surface area contributed by atoms with Gasteiger partial charge >= 0.3 is 12.1 Å². The summed E-state index contributed by atoms with van der Waals surface area (Å²) in [6.07, 6.45) is -3.28. The largest absolute Gasteiger partial charge is 0.463 e. The van der Waals surface area contributed by atoms with Gasteiger partial charge in [-0.3, -0.25) is 9.36 Å². The van der Waals surface area contributed by atoms with Gasteiger partial charge in [0.15, 0.2) is 10.5 Å². The van der Waals surface area contributed by atoms with Gasteiger partial charge in [0.2, 0.25) is 0 Å². The lowest BCUT2D eigenvalue weighted by Crippen LogP contribution is -2.41. The summed E-state index contributed by atoms with van der Waals surface area (Å²) in [4.78, 5) is 31.1. The number of fused-ring (bicyclic) bond motifs is 3. The van der Waals surface area contributed by atoms with Crippen LogP contribution in [0.1, 0.15) is 35.3 Å². The van der Waals surface area contributed by atoms with E-state index in [2.05, 4.69) is 33.8 Å². The highest BCUT2D eigenvalue weighted by atomic mass is 35.5. The van der Waals surface area contributed by atoms with Crippen molar-refractivity contribution in [1.82, 2.24) is 9.13 Å². The number of ether oxygens (including phenoxy) is 1. The topological polar surface area (TPSA) is 65.6 Å². The van der Waals surface area contributed by atoms with E-state index in [1.165, 1.54) is 31.2 Å². The summed E-state index contributed by atoms with van der Waals surface area (Å²) >= 11 is 6.94. The number of alkyl halides is 3. The minimum Gasteiger partial charge on any atom is -0.463 e. The van der Waals surface area contributed by atoms with Gasteiger partial charge in [-0.2, -0.15) is 13.2 Å². The zero-order valence-electron chi connectivity index (χ0n) is 25.7. The van der Waals surface area contributed by atoms with Crippen LogP contribution in [0.25, 0.3) is 27.8 Å². The van der Waals surface area contributed by atoms with Gasteiger partial charge in [-0.15, -0.1) is 0 Å². The number of rotatable bonds is 6. The van der Waals surface area contributed by atoms with Crippen LogP contribution >= 0.6 is 22.9 Å². The second-order valence-electron chi connectivity index (χ2n) is 11.4. The molecular formula is C37H27ClF3N3O3S. The summed E-state index contributed by atoms with van der Waals surface area (Å²) in [7, 11) is 0. The lowest BCUT2D eigenvalue weighted by molar-refractivity contribution is -0.140. The van der Waals surface area contributed by atoms with Crippen LogP contribution in [0, 0.1) is 6.92 Å². The zero-order valence-corrected chi connectivity index (χ0v) is 27.3. The fourth-order valence-electron chi connectivity index (χ4n) is 6.38. The third-order valence-electron chi connectivity index (χ3n) is 8.54. The Morgan fingerprint density at radius 2 is 1.67 bits per heavy atom. The van der Waals surface area contributed by atoms with E-state index >= 15 is 0 Å². The Morgan fingerprint density at radius 3 is 2.40 bits per heavy atom. The van der Waals surface area contributed by atoms with Crippen molar-refractivity contribution in [1.29, 1.82) is 0 Å². The maximum atomic E-state index is 14.5. The number of halogens is 4. The molecule has 0 saturated heterocycles. The Morgan fingerprint density at radius 1 is 0.979 bits per heavy atom. The number of allylic oxidation sites excluding steroid dienone is 1. The predicted molar refractivity (Wildman–Crippen MR) is 182 cm³/mol. The summed E-state index contributed by atoms with van der Waals surface area (Å²) < 4.78 is 52.2. The molecule has 2 aromatic heterocycles. The molecule has 11 heteroatoms. The molecule has 6 nitrogen and oxygen atoms in total. The van der Waals surface area contributed by atoms with Gasteiger partial charge in [0.05, 0.1) is 22.8 Å². The number of aromatic nitrogens is 2. The van der Waals surface area contributed by atoms with Crippen LogP contribution in [0.3, 0.4) is 0 Å². The lowest BCUT2D eigenvalue weighted by Gasteiger charge is -2.26. The number of thiazole rings is 1. The Kier molecular flexibility index (Phi) is 8.09. The molecule has 0 bridgehead atoms. The van der Waals surface area contributed by atoms with E-state index in [1.807, 2.05) is 49.4 Å². The Hall–Kier alpha value is -4.93.